The number of hydrogen-bond donors (Lipinski definition) is 0. The summed E-state index contributed by atoms with van der Waals surface area (Å²) in [6, 6.07) is 0. The molecule has 0 saturated carbocycles. The van der Waals surface area contributed by atoms with Crippen LogP contribution in [0.25, 0.3) is 0 Å². The van der Waals surface area contributed by atoms with E-state index in [-0.39, 0.29) is 0 Å². The molecule has 1 aliphatic heterocycles. The highest BCUT2D eigenvalue weighted by Gasteiger charge is 2.18. The SMILES string of the molecule is F[C@@H]1CCN(Cl)C1. The van der Waals surface area contributed by atoms with Gasteiger partial charge in [-0.3, -0.25) is 0 Å². The predicted octanol–water partition coefficient (Wildman–Crippen LogP) is 1.18. The van der Waals surface area contributed by atoms with Crippen molar-refractivity contribution in [3.63, 3.8) is 0 Å². The van der Waals surface area contributed by atoms with E-state index in [1.165, 1.54) is 4.42 Å². The average molecular weight is 124 g/mol. The van der Waals surface area contributed by atoms with Crippen LogP contribution in [0.15, 0.2) is 0 Å². The molecule has 0 aliphatic carbocycles. The summed E-state index contributed by atoms with van der Waals surface area (Å²) < 4.78 is 13.5. The van der Waals surface area contributed by atoms with Gasteiger partial charge in [-0.05, 0) is 18.2 Å². The molecular weight excluding hydrogens is 117 g/mol. The van der Waals surface area contributed by atoms with Crippen LogP contribution in [0, 0.1) is 0 Å². The van der Waals surface area contributed by atoms with Crippen LogP contribution in [0.3, 0.4) is 0 Å². The minimum atomic E-state index is -0.683. The number of hydrogen-bond acceptors (Lipinski definition) is 1. The normalized spacial score (nSPS) is 34.3. The third-order valence-electron chi connectivity index (χ3n) is 1.08. The molecule has 1 aliphatic rings. The van der Waals surface area contributed by atoms with Gasteiger partial charge in [0.25, 0.3) is 0 Å². The zero-order chi connectivity index (χ0) is 5.28. The first kappa shape index (κ1) is 5.32. The summed E-state index contributed by atoms with van der Waals surface area (Å²) in [6.45, 7) is 1.10. The lowest BCUT2D eigenvalue weighted by atomic mass is 10.4. The lowest BCUT2D eigenvalue weighted by Gasteiger charge is -1.97. The molecule has 0 radical (unpaired) electrons. The van der Waals surface area contributed by atoms with E-state index in [4.69, 9.17) is 11.8 Å². The van der Waals surface area contributed by atoms with E-state index in [1.54, 1.807) is 0 Å². The molecule has 0 unspecified atom stereocenters. The average Bonchev–Trinajstić information content (AvgIpc) is 1.87. The quantitative estimate of drug-likeness (QED) is 0.438. The second-order valence-corrected chi connectivity index (χ2v) is 2.23. The van der Waals surface area contributed by atoms with Gasteiger partial charge in [0.05, 0.1) is 0 Å². The minimum Gasteiger partial charge on any atom is -0.246 e. The Labute approximate surface area is 47.2 Å². The Morgan fingerprint density at radius 3 is 2.57 bits per heavy atom. The summed E-state index contributed by atoms with van der Waals surface area (Å²) in [5.41, 5.74) is 0. The third kappa shape index (κ3) is 1.28. The fourth-order valence-electron chi connectivity index (χ4n) is 0.678. The third-order valence-corrected chi connectivity index (χ3v) is 1.39. The molecule has 42 valence electrons. The van der Waals surface area contributed by atoms with E-state index < -0.39 is 6.17 Å². The van der Waals surface area contributed by atoms with Crippen molar-refractivity contribution < 1.29 is 4.39 Å². The highest BCUT2D eigenvalue weighted by molar-refractivity contribution is 6.13. The van der Waals surface area contributed by atoms with E-state index in [0.29, 0.717) is 19.5 Å². The standard InChI is InChI=1S/C4H7ClFN/c5-7-2-1-4(6)3-7/h4H,1-3H2/t4-/m1/s1. The fourth-order valence-corrected chi connectivity index (χ4v) is 0.925. The molecule has 0 aromatic carbocycles. The molecular formula is C4H7ClFN. The number of rotatable bonds is 0. The van der Waals surface area contributed by atoms with Gasteiger partial charge in [-0.1, -0.05) is 0 Å². The highest BCUT2D eigenvalue weighted by atomic mass is 35.5. The molecule has 0 spiro atoms. The van der Waals surface area contributed by atoms with Gasteiger partial charge in [0.15, 0.2) is 0 Å². The van der Waals surface area contributed by atoms with Crippen molar-refractivity contribution in [1.82, 2.24) is 4.42 Å². The van der Waals surface area contributed by atoms with E-state index in [0.717, 1.165) is 0 Å². The van der Waals surface area contributed by atoms with E-state index in [2.05, 4.69) is 0 Å². The Hall–Kier alpha value is 0.180. The molecule has 0 aromatic rings. The van der Waals surface area contributed by atoms with Gasteiger partial charge >= 0.3 is 0 Å². The first-order chi connectivity index (χ1) is 3.29. The number of halogens is 2. The molecule has 0 amide bonds. The maximum atomic E-state index is 12.0. The molecule has 7 heavy (non-hydrogen) atoms. The molecule has 1 rings (SSSR count). The Kier molecular flexibility index (Phi) is 1.50. The van der Waals surface area contributed by atoms with E-state index in [9.17, 15) is 4.39 Å². The van der Waals surface area contributed by atoms with Gasteiger partial charge in [0.1, 0.15) is 6.17 Å². The topological polar surface area (TPSA) is 3.24 Å². The highest BCUT2D eigenvalue weighted by Crippen LogP contribution is 2.12. The van der Waals surface area contributed by atoms with Gasteiger partial charge in [-0.25, -0.2) is 8.81 Å². The van der Waals surface area contributed by atoms with Crippen molar-refractivity contribution in [2.45, 2.75) is 12.6 Å². The van der Waals surface area contributed by atoms with Gasteiger partial charge in [0, 0.05) is 13.1 Å². The van der Waals surface area contributed by atoms with Gasteiger partial charge in [-0.15, -0.1) is 0 Å². The lowest BCUT2D eigenvalue weighted by Crippen LogP contribution is -2.07. The smallest absolute Gasteiger partial charge is 0.115 e. The zero-order valence-corrected chi connectivity index (χ0v) is 4.66. The van der Waals surface area contributed by atoms with Crippen LogP contribution in [-0.2, 0) is 0 Å². The number of alkyl halides is 1. The monoisotopic (exact) mass is 123 g/mol. The predicted molar refractivity (Wildman–Crippen MR) is 26.9 cm³/mol. The molecule has 1 atom stereocenters. The van der Waals surface area contributed by atoms with Crippen molar-refractivity contribution >= 4 is 11.8 Å². The maximum absolute atomic E-state index is 12.0. The van der Waals surface area contributed by atoms with Crippen LogP contribution >= 0.6 is 11.8 Å². The van der Waals surface area contributed by atoms with Crippen LogP contribution in [0.5, 0.6) is 0 Å². The van der Waals surface area contributed by atoms with E-state index in [1.807, 2.05) is 0 Å². The van der Waals surface area contributed by atoms with Crippen LogP contribution in [-0.4, -0.2) is 23.7 Å². The Balaban J connectivity index is 2.26. The van der Waals surface area contributed by atoms with Crippen molar-refractivity contribution in [3.8, 4) is 0 Å². The van der Waals surface area contributed by atoms with Crippen molar-refractivity contribution in [1.29, 1.82) is 0 Å². The first-order valence-electron chi connectivity index (χ1n) is 2.34. The lowest BCUT2D eigenvalue weighted by molar-refractivity contribution is 0.347. The fraction of sp³-hybridized carbons (Fsp3) is 1.00. The van der Waals surface area contributed by atoms with Crippen LogP contribution in [0.1, 0.15) is 6.42 Å². The van der Waals surface area contributed by atoms with Crippen molar-refractivity contribution in [2.24, 2.45) is 0 Å². The summed E-state index contributed by atoms with van der Waals surface area (Å²) in [4.78, 5) is 0. The van der Waals surface area contributed by atoms with Gasteiger partial charge < -0.3 is 0 Å². The second kappa shape index (κ2) is 1.97. The van der Waals surface area contributed by atoms with Crippen LogP contribution in [0.2, 0.25) is 0 Å². The Morgan fingerprint density at radius 2 is 2.43 bits per heavy atom. The van der Waals surface area contributed by atoms with E-state index >= 15 is 0 Å². The molecule has 1 nitrogen and oxygen atoms in total. The molecule has 1 fully saturated rings. The molecule has 0 bridgehead atoms. The van der Waals surface area contributed by atoms with Crippen molar-refractivity contribution in [2.75, 3.05) is 13.1 Å². The second-order valence-electron chi connectivity index (χ2n) is 1.75. The summed E-state index contributed by atoms with van der Waals surface area (Å²) in [6.07, 6.45) is -0.0822. The summed E-state index contributed by atoms with van der Waals surface area (Å²) in [5.74, 6) is 0. The minimum absolute atomic E-state index is 0.404. The Bertz CT molecular complexity index is 60.7. The van der Waals surface area contributed by atoms with Crippen LogP contribution in [0.4, 0.5) is 4.39 Å². The first-order valence-corrected chi connectivity index (χ1v) is 2.67. The summed E-state index contributed by atoms with van der Waals surface area (Å²) >= 11 is 5.40. The summed E-state index contributed by atoms with van der Waals surface area (Å²) in [7, 11) is 0. The molecule has 1 heterocycles. The zero-order valence-electron chi connectivity index (χ0n) is 3.90. The Morgan fingerprint density at radius 1 is 1.71 bits per heavy atom. The summed E-state index contributed by atoms with van der Waals surface area (Å²) in [5, 5.41) is 0. The molecule has 0 aromatic heterocycles. The maximum Gasteiger partial charge on any atom is 0.115 e. The van der Waals surface area contributed by atoms with Gasteiger partial charge in [-0.2, -0.15) is 0 Å². The van der Waals surface area contributed by atoms with Crippen LogP contribution < -0.4 is 0 Å². The molecule has 3 heteroatoms. The molecule has 1 saturated heterocycles. The largest absolute Gasteiger partial charge is 0.246 e. The van der Waals surface area contributed by atoms with Crippen molar-refractivity contribution in [3.05, 3.63) is 0 Å². The van der Waals surface area contributed by atoms with Gasteiger partial charge in [0.2, 0.25) is 0 Å². The number of nitrogens with zero attached hydrogens (tertiary/aromatic N) is 1. The molecule has 0 N–H and O–H groups in total.